The van der Waals surface area contributed by atoms with Crippen LogP contribution < -0.4 is 0 Å². The molecule has 0 bridgehead atoms. The minimum atomic E-state index is -0.764. The van der Waals surface area contributed by atoms with E-state index in [0.29, 0.717) is 10.9 Å². The van der Waals surface area contributed by atoms with Crippen LogP contribution in [0.3, 0.4) is 0 Å². The van der Waals surface area contributed by atoms with Crippen LogP contribution >= 0.6 is 0 Å². The van der Waals surface area contributed by atoms with E-state index in [-0.39, 0.29) is 40.2 Å². The van der Waals surface area contributed by atoms with E-state index in [4.69, 9.17) is 9.47 Å². The number of carbonyl (C=O) groups is 3. The van der Waals surface area contributed by atoms with Crippen molar-refractivity contribution >= 4 is 39.7 Å². The maximum Gasteiger partial charge on any atom is 0.356 e. The largest absolute Gasteiger partial charge is 0.507 e. The maximum absolute atomic E-state index is 12.2. The Bertz CT molecular complexity index is 1080. The van der Waals surface area contributed by atoms with Gasteiger partial charge in [0.15, 0.2) is 0 Å². The first-order chi connectivity index (χ1) is 12.9. The molecule has 0 saturated heterocycles. The minimum Gasteiger partial charge on any atom is -0.507 e. The van der Waals surface area contributed by atoms with E-state index in [1.807, 2.05) is 0 Å². The molecule has 0 aliphatic carbocycles. The van der Waals surface area contributed by atoms with E-state index >= 15 is 0 Å². The second-order valence-electron chi connectivity index (χ2n) is 5.52. The van der Waals surface area contributed by atoms with Gasteiger partial charge in [0.05, 0.1) is 42.8 Å². The van der Waals surface area contributed by atoms with E-state index in [1.54, 1.807) is 6.92 Å². The predicted molar refractivity (Wildman–Crippen MR) is 93.9 cm³/mol. The van der Waals surface area contributed by atoms with Crippen molar-refractivity contribution in [2.45, 2.75) is 6.92 Å². The molecule has 3 aromatic rings. The number of ether oxygens (including phenoxy) is 3. The molecule has 0 spiro atoms. The molecule has 0 radical (unpaired) electrons. The molecule has 0 fully saturated rings. The molecular weight excluding hydrogens is 356 g/mol. The van der Waals surface area contributed by atoms with Crippen LogP contribution in [-0.2, 0) is 14.2 Å². The number of rotatable bonds is 4. The first-order valence-electron chi connectivity index (χ1n) is 7.94. The summed E-state index contributed by atoms with van der Waals surface area (Å²) >= 11 is 0. The Morgan fingerprint density at radius 1 is 1.07 bits per heavy atom. The Morgan fingerprint density at radius 3 is 2.41 bits per heavy atom. The lowest BCUT2D eigenvalue weighted by Gasteiger charge is -2.10. The molecule has 9 nitrogen and oxygen atoms in total. The van der Waals surface area contributed by atoms with Gasteiger partial charge in [-0.05, 0) is 19.1 Å². The lowest BCUT2D eigenvalue weighted by molar-refractivity contribution is 0.0518. The van der Waals surface area contributed by atoms with Crippen molar-refractivity contribution in [1.82, 2.24) is 9.97 Å². The van der Waals surface area contributed by atoms with Gasteiger partial charge >= 0.3 is 17.9 Å². The summed E-state index contributed by atoms with van der Waals surface area (Å²) in [5, 5.41) is 10.9. The summed E-state index contributed by atoms with van der Waals surface area (Å²) in [6.07, 6.45) is 0. The Hall–Kier alpha value is -3.62. The summed E-state index contributed by atoms with van der Waals surface area (Å²) in [6.45, 7) is 1.87. The van der Waals surface area contributed by atoms with Crippen molar-refractivity contribution in [3.8, 4) is 5.75 Å². The molecule has 0 atom stereocenters. The molecule has 2 heterocycles. The highest BCUT2D eigenvalue weighted by molar-refractivity contribution is 6.16. The molecule has 1 aromatic carbocycles. The smallest absolute Gasteiger partial charge is 0.356 e. The van der Waals surface area contributed by atoms with Gasteiger partial charge in [-0.1, -0.05) is 0 Å². The molecule has 0 unspecified atom stereocenters. The summed E-state index contributed by atoms with van der Waals surface area (Å²) in [7, 11) is 2.36. The summed E-state index contributed by atoms with van der Waals surface area (Å²) in [4.78, 5) is 43.2. The van der Waals surface area contributed by atoms with E-state index in [9.17, 15) is 19.5 Å². The number of nitrogens with zero attached hydrogens (tertiary/aromatic N) is 1. The second-order valence-corrected chi connectivity index (χ2v) is 5.52. The number of aromatic hydroxyl groups is 1. The van der Waals surface area contributed by atoms with Crippen molar-refractivity contribution in [3.05, 3.63) is 35.2 Å². The zero-order valence-corrected chi connectivity index (χ0v) is 14.8. The first kappa shape index (κ1) is 18.2. The van der Waals surface area contributed by atoms with Crippen molar-refractivity contribution < 1.29 is 33.7 Å². The fraction of sp³-hybridized carbons (Fsp3) is 0.222. The van der Waals surface area contributed by atoms with E-state index in [0.717, 1.165) is 0 Å². The van der Waals surface area contributed by atoms with Crippen LogP contribution in [0.15, 0.2) is 18.2 Å². The zero-order valence-electron chi connectivity index (χ0n) is 14.8. The molecule has 2 N–H and O–H groups in total. The normalized spacial score (nSPS) is 10.8. The van der Waals surface area contributed by atoms with Crippen LogP contribution in [0.25, 0.3) is 21.8 Å². The van der Waals surface area contributed by atoms with Crippen LogP contribution in [0.4, 0.5) is 0 Å². The number of hydrogen-bond donors (Lipinski definition) is 2. The van der Waals surface area contributed by atoms with E-state index < -0.39 is 17.9 Å². The number of fused-ring (bicyclic) bond motifs is 3. The number of aromatic amines is 1. The molecule has 0 aliphatic rings. The number of phenolic OH excluding ortho intramolecular Hbond substituents is 1. The van der Waals surface area contributed by atoms with Crippen molar-refractivity contribution in [1.29, 1.82) is 0 Å². The third kappa shape index (κ3) is 3.03. The number of carbonyl (C=O) groups excluding carboxylic acids is 3. The van der Waals surface area contributed by atoms with Gasteiger partial charge < -0.3 is 24.3 Å². The zero-order chi connectivity index (χ0) is 19.7. The highest BCUT2D eigenvalue weighted by Gasteiger charge is 2.23. The third-order valence-corrected chi connectivity index (χ3v) is 3.96. The number of phenols is 1. The Labute approximate surface area is 152 Å². The Morgan fingerprint density at radius 2 is 1.78 bits per heavy atom. The number of esters is 3. The Kier molecular flexibility index (Phi) is 4.68. The van der Waals surface area contributed by atoms with Crippen LogP contribution in [0.2, 0.25) is 0 Å². The number of pyridine rings is 1. The van der Waals surface area contributed by atoms with Crippen LogP contribution in [0, 0.1) is 0 Å². The van der Waals surface area contributed by atoms with Crippen LogP contribution in [0.5, 0.6) is 5.75 Å². The molecule has 0 saturated carbocycles. The summed E-state index contributed by atoms with van der Waals surface area (Å²) in [6, 6.07) is 4.01. The monoisotopic (exact) mass is 372 g/mol. The number of methoxy groups -OCH3 is 2. The standard InChI is InChI=1S/C18H16N2O7/c1-4-27-18(24)12-5-8-10(19-12)7-13(21)14-9(16(22)25-2)6-11(17(23)26-3)20-15(8)14/h5-7,19,21H,4H2,1-3H3. The minimum absolute atomic E-state index is 0.0545. The fourth-order valence-corrected chi connectivity index (χ4v) is 2.79. The van der Waals surface area contributed by atoms with E-state index in [1.165, 1.54) is 32.4 Å². The number of hydrogen-bond acceptors (Lipinski definition) is 8. The first-order valence-corrected chi connectivity index (χ1v) is 7.94. The molecule has 3 rings (SSSR count). The molecule has 140 valence electrons. The fourth-order valence-electron chi connectivity index (χ4n) is 2.79. The number of benzene rings is 1. The van der Waals surface area contributed by atoms with Gasteiger partial charge in [0.1, 0.15) is 17.1 Å². The highest BCUT2D eigenvalue weighted by atomic mass is 16.5. The van der Waals surface area contributed by atoms with Crippen molar-refractivity contribution in [2.75, 3.05) is 20.8 Å². The Balaban J connectivity index is 2.39. The lowest BCUT2D eigenvalue weighted by atomic mass is 10.0. The van der Waals surface area contributed by atoms with Crippen LogP contribution in [-0.4, -0.2) is 53.8 Å². The molecule has 0 amide bonds. The van der Waals surface area contributed by atoms with Gasteiger partial charge in [-0.2, -0.15) is 0 Å². The average molecular weight is 372 g/mol. The second kappa shape index (κ2) is 6.94. The quantitative estimate of drug-likeness (QED) is 0.527. The predicted octanol–water partition coefficient (Wildman–Crippen LogP) is 2.17. The number of H-pyrrole nitrogens is 1. The number of aromatic nitrogens is 2. The molecule has 9 heteroatoms. The highest BCUT2D eigenvalue weighted by Crippen LogP contribution is 2.35. The van der Waals surface area contributed by atoms with Gasteiger partial charge in [0.2, 0.25) is 0 Å². The van der Waals surface area contributed by atoms with Gasteiger partial charge in [-0.3, -0.25) is 0 Å². The van der Waals surface area contributed by atoms with Gasteiger partial charge in [-0.15, -0.1) is 0 Å². The molecule has 2 aromatic heterocycles. The summed E-state index contributed by atoms with van der Waals surface area (Å²) in [5.41, 5.74) is 0.467. The SMILES string of the molecule is CCOC(=O)c1cc2c(cc(O)c3c(C(=O)OC)cc(C(=O)OC)nc32)[nH]1. The third-order valence-electron chi connectivity index (χ3n) is 3.96. The molecule has 27 heavy (non-hydrogen) atoms. The van der Waals surface area contributed by atoms with Crippen molar-refractivity contribution in [2.24, 2.45) is 0 Å². The molecular formula is C18H16N2O7. The van der Waals surface area contributed by atoms with Crippen LogP contribution in [0.1, 0.15) is 38.3 Å². The number of nitrogens with one attached hydrogen (secondary N) is 1. The van der Waals surface area contributed by atoms with Gasteiger partial charge in [0, 0.05) is 11.5 Å². The topological polar surface area (TPSA) is 128 Å². The average Bonchev–Trinajstić information content (AvgIpc) is 3.10. The van der Waals surface area contributed by atoms with Crippen molar-refractivity contribution in [3.63, 3.8) is 0 Å². The molecule has 0 aliphatic heterocycles. The van der Waals surface area contributed by atoms with Gasteiger partial charge in [0.25, 0.3) is 0 Å². The van der Waals surface area contributed by atoms with Gasteiger partial charge in [-0.25, -0.2) is 19.4 Å². The maximum atomic E-state index is 12.2. The summed E-state index contributed by atoms with van der Waals surface area (Å²) in [5.74, 6) is -2.37. The summed E-state index contributed by atoms with van der Waals surface area (Å²) < 4.78 is 14.4. The van der Waals surface area contributed by atoms with E-state index in [2.05, 4.69) is 14.7 Å². The lowest BCUT2D eigenvalue weighted by Crippen LogP contribution is -2.10.